The molecule has 0 amide bonds. The molecule has 1 aliphatic rings. The van der Waals surface area contributed by atoms with Crippen molar-refractivity contribution >= 4 is 9.84 Å². The molecular formula is C14H20O3S. The quantitative estimate of drug-likeness (QED) is 0.914. The molecule has 2 unspecified atom stereocenters. The molecule has 1 aliphatic heterocycles. The number of hydrogen-bond donors (Lipinski definition) is 1. The summed E-state index contributed by atoms with van der Waals surface area (Å²) in [4.78, 5) is 0. The highest BCUT2D eigenvalue weighted by Crippen LogP contribution is 2.30. The predicted octanol–water partition coefficient (Wildman–Crippen LogP) is 2.16. The van der Waals surface area contributed by atoms with E-state index in [1.54, 1.807) is 0 Å². The molecule has 18 heavy (non-hydrogen) atoms. The number of benzene rings is 1. The van der Waals surface area contributed by atoms with Crippen molar-refractivity contribution in [2.45, 2.75) is 32.8 Å². The Morgan fingerprint density at radius 1 is 1.39 bits per heavy atom. The molecule has 0 spiro atoms. The number of hydrogen-bond acceptors (Lipinski definition) is 3. The fraction of sp³-hybridized carbons (Fsp3) is 0.571. The van der Waals surface area contributed by atoms with Gasteiger partial charge in [0, 0.05) is 0 Å². The summed E-state index contributed by atoms with van der Waals surface area (Å²) in [6.07, 6.45) is 0.677. The van der Waals surface area contributed by atoms with Gasteiger partial charge in [-0.1, -0.05) is 18.2 Å². The standard InChI is InChI=1S/C14H20O3S/c1-10-4-3-5-13(11(10)2)14(15)8-12-6-7-18(16,17)9-12/h3-5,12,14-15H,6-9H2,1-2H3. The molecule has 1 aromatic rings. The van der Waals surface area contributed by atoms with Crippen LogP contribution in [-0.4, -0.2) is 25.0 Å². The van der Waals surface area contributed by atoms with E-state index in [0.29, 0.717) is 12.8 Å². The van der Waals surface area contributed by atoms with Gasteiger partial charge in [-0.25, -0.2) is 8.42 Å². The van der Waals surface area contributed by atoms with Crippen molar-refractivity contribution in [1.82, 2.24) is 0 Å². The molecule has 4 heteroatoms. The number of rotatable bonds is 3. The van der Waals surface area contributed by atoms with Gasteiger partial charge in [0.2, 0.25) is 0 Å². The lowest BCUT2D eigenvalue weighted by Gasteiger charge is -2.18. The minimum absolute atomic E-state index is 0.102. The second-order valence-corrected chi connectivity index (χ2v) is 7.54. The van der Waals surface area contributed by atoms with Crippen LogP contribution < -0.4 is 0 Å². The molecule has 2 atom stereocenters. The molecule has 0 aromatic heterocycles. The molecule has 2 rings (SSSR count). The van der Waals surface area contributed by atoms with Gasteiger partial charge < -0.3 is 5.11 Å². The molecule has 1 N–H and O–H groups in total. The van der Waals surface area contributed by atoms with Gasteiger partial charge in [0.25, 0.3) is 0 Å². The van der Waals surface area contributed by atoms with Crippen molar-refractivity contribution in [2.75, 3.05) is 11.5 Å². The monoisotopic (exact) mass is 268 g/mol. The smallest absolute Gasteiger partial charge is 0.150 e. The third kappa shape index (κ3) is 2.93. The molecule has 0 aliphatic carbocycles. The van der Waals surface area contributed by atoms with E-state index in [9.17, 15) is 13.5 Å². The van der Waals surface area contributed by atoms with Gasteiger partial charge in [-0.15, -0.1) is 0 Å². The van der Waals surface area contributed by atoms with Crippen molar-refractivity contribution in [3.05, 3.63) is 34.9 Å². The SMILES string of the molecule is Cc1cccc(C(O)CC2CCS(=O)(=O)C2)c1C. The topological polar surface area (TPSA) is 54.4 Å². The fourth-order valence-electron chi connectivity index (χ4n) is 2.64. The lowest BCUT2D eigenvalue weighted by Crippen LogP contribution is -2.10. The Kier molecular flexibility index (Phi) is 3.78. The Bertz CT molecular complexity index is 534. The van der Waals surface area contributed by atoms with Gasteiger partial charge in [-0.05, 0) is 49.3 Å². The van der Waals surface area contributed by atoms with Crippen molar-refractivity contribution in [3.63, 3.8) is 0 Å². The first-order chi connectivity index (χ1) is 8.39. The normalized spacial score (nSPS) is 24.1. The maximum absolute atomic E-state index is 11.4. The van der Waals surface area contributed by atoms with E-state index in [4.69, 9.17) is 0 Å². The molecule has 3 nitrogen and oxygen atoms in total. The summed E-state index contributed by atoms with van der Waals surface area (Å²) in [5.41, 5.74) is 3.19. The van der Waals surface area contributed by atoms with Gasteiger partial charge in [0.15, 0.2) is 9.84 Å². The molecule has 0 saturated carbocycles. The second-order valence-electron chi connectivity index (χ2n) is 5.31. The zero-order valence-electron chi connectivity index (χ0n) is 10.9. The maximum Gasteiger partial charge on any atom is 0.150 e. The highest BCUT2D eigenvalue weighted by Gasteiger charge is 2.29. The van der Waals surface area contributed by atoms with Crippen LogP contribution in [0.25, 0.3) is 0 Å². The number of sulfone groups is 1. The summed E-state index contributed by atoms with van der Waals surface area (Å²) in [5, 5.41) is 10.3. The van der Waals surface area contributed by atoms with Crippen molar-refractivity contribution in [2.24, 2.45) is 5.92 Å². The largest absolute Gasteiger partial charge is 0.388 e. The third-order valence-electron chi connectivity index (χ3n) is 3.89. The zero-order chi connectivity index (χ0) is 13.3. The molecule has 0 bridgehead atoms. The molecule has 100 valence electrons. The average Bonchev–Trinajstić information content (AvgIpc) is 2.62. The van der Waals surface area contributed by atoms with Crippen LogP contribution in [0.2, 0.25) is 0 Å². The highest BCUT2D eigenvalue weighted by molar-refractivity contribution is 7.91. The lowest BCUT2D eigenvalue weighted by molar-refractivity contribution is 0.148. The van der Waals surface area contributed by atoms with Crippen molar-refractivity contribution in [1.29, 1.82) is 0 Å². The zero-order valence-corrected chi connectivity index (χ0v) is 11.7. The van der Waals surface area contributed by atoms with E-state index >= 15 is 0 Å². The third-order valence-corrected chi connectivity index (χ3v) is 5.73. The Labute approximate surface area is 109 Å². The highest BCUT2D eigenvalue weighted by atomic mass is 32.2. The average molecular weight is 268 g/mol. The Hall–Kier alpha value is -0.870. The number of aryl methyl sites for hydroxylation is 1. The van der Waals surface area contributed by atoms with Crippen LogP contribution >= 0.6 is 0 Å². The summed E-state index contributed by atoms with van der Waals surface area (Å²) in [5.74, 6) is 0.608. The summed E-state index contributed by atoms with van der Waals surface area (Å²) >= 11 is 0. The van der Waals surface area contributed by atoms with E-state index < -0.39 is 15.9 Å². The van der Waals surface area contributed by atoms with E-state index in [1.807, 2.05) is 32.0 Å². The van der Waals surface area contributed by atoms with Crippen LogP contribution in [0.4, 0.5) is 0 Å². The Balaban J connectivity index is 2.09. The van der Waals surface area contributed by atoms with Crippen LogP contribution in [0.5, 0.6) is 0 Å². The van der Waals surface area contributed by atoms with Crippen LogP contribution in [0.1, 0.15) is 35.6 Å². The molecule has 1 aromatic carbocycles. The van der Waals surface area contributed by atoms with E-state index in [0.717, 1.165) is 16.7 Å². The molecule has 1 heterocycles. The number of aliphatic hydroxyl groups is 1. The van der Waals surface area contributed by atoms with Gasteiger partial charge in [0.05, 0.1) is 17.6 Å². The Morgan fingerprint density at radius 3 is 2.72 bits per heavy atom. The van der Waals surface area contributed by atoms with Crippen LogP contribution in [0.3, 0.4) is 0 Å². The van der Waals surface area contributed by atoms with Gasteiger partial charge >= 0.3 is 0 Å². The van der Waals surface area contributed by atoms with Crippen LogP contribution in [0, 0.1) is 19.8 Å². The molecular weight excluding hydrogens is 248 g/mol. The number of aliphatic hydroxyl groups excluding tert-OH is 1. The lowest BCUT2D eigenvalue weighted by atomic mass is 9.92. The first-order valence-corrected chi connectivity index (χ1v) is 8.16. The van der Waals surface area contributed by atoms with Gasteiger partial charge in [0.1, 0.15) is 0 Å². The Morgan fingerprint density at radius 2 is 2.11 bits per heavy atom. The summed E-state index contributed by atoms with van der Waals surface area (Å²) < 4.78 is 22.8. The first-order valence-electron chi connectivity index (χ1n) is 6.33. The van der Waals surface area contributed by atoms with Crippen LogP contribution in [0.15, 0.2) is 18.2 Å². The fourth-order valence-corrected chi connectivity index (χ4v) is 4.52. The first kappa shape index (κ1) is 13.6. The second kappa shape index (κ2) is 5.02. The molecule has 0 radical (unpaired) electrons. The van der Waals surface area contributed by atoms with Gasteiger partial charge in [-0.2, -0.15) is 0 Å². The van der Waals surface area contributed by atoms with E-state index in [1.165, 1.54) is 0 Å². The minimum Gasteiger partial charge on any atom is -0.388 e. The van der Waals surface area contributed by atoms with Gasteiger partial charge in [-0.3, -0.25) is 0 Å². The molecule has 1 fully saturated rings. The van der Waals surface area contributed by atoms with Crippen molar-refractivity contribution in [3.8, 4) is 0 Å². The summed E-state index contributed by atoms with van der Waals surface area (Å²) in [6.45, 7) is 4.02. The van der Waals surface area contributed by atoms with E-state index in [-0.39, 0.29) is 17.4 Å². The molecule has 1 saturated heterocycles. The predicted molar refractivity (Wildman–Crippen MR) is 72.3 cm³/mol. The van der Waals surface area contributed by atoms with Crippen LogP contribution in [-0.2, 0) is 9.84 Å². The summed E-state index contributed by atoms with van der Waals surface area (Å²) in [6, 6.07) is 5.88. The maximum atomic E-state index is 11.4. The van der Waals surface area contributed by atoms with Crippen molar-refractivity contribution < 1.29 is 13.5 Å². The summed E-state index contributed by atoms with van der Waals surface area (Å²) in [7, 11) is -2.85. The van der Waals surface area contributed by atoms with E-state index in [2.05, 4.69) is 0 Å². The minimum atomic E-state index is -2.85.